The maximum absolute atomic E-state index is 12.1. The zero-order chi connectivity index (χ0) is 21.0. The molecule has 9 atom stereocenters. The standard InChI is InChI=1S/C25H40O4/c1-15(5-10-23(28)29-4)19-8-9-20-18-7-6-16-13-17(26)11-12-24(16,2)21(18)14-22(27)25(19,20)3/h15-16,18-22,27H,5-14H2,1-4H3/t15-,16+,18-,19-,20-,21-,22-,24-,25+/m0/s1. The van der Waals surface area contributed by atoms with Gasteiger partial charge in [0.2, 0.25) is 0 Å². The summed E-state index contributed by atoms with van der Waals surface area (Å²) in [5.74, 6) is 3.59. The number of aliphatic hydroxyl groups is 1. The molecule has 29 heavy (non-hydrogen) atoms. The maximum atomic E-state index is 12.1. The fraction of sp³-hybridized carbons (Fsp3) is 0.920. The molecule has 0 bridgehead atoms. The van der Waals surface area contributed by atoms with E-state index < -0.39 is 0 Å². The summed E-state index contributed by atoms with van der Waals surface area (Å²) in [7, 11) is 1.46. The number of hydrogen-bond donors (Lipinski definition) is 1. The van der Waals surface area contributed by atoms with Crippen molar-refractivity contribution in [1.82, 2.24) is 0 Å². The highest BCUT2D eigenvalue weighted by molar-refractivity contribution is 5.79. The number of hydrogen-bond acceptors (Lipinski definition) is 4. The van der Waals surface area contributed by atoms with Gasteiger partial charge in [-0.25, -0.2) is 0 Å². The summed E-state index contributed by atoms with van der Waals surface area (Å²) in [6, 6.07) is 0. The third-order valence-electron chi connectivity index (χ3n) is 10.4. The Hall–Kier alpha value is -0.900. The van der Waals surface area contributed by atoms with Crippen LogP contribution in [0, 0.1) is 46.3 Å². The van der Waals surface area contributed by atoms with Gasteiger partial charge in [-0.05, 0) is 91.3 Å². The van der Waals surface area contributed by atoms with E-state index >= 15 is 0 Å². The van der Waals surface area contributed by atoms with E-state index in [1.54, 1.807) is 0 Å². The van der Waals surface area contributed by atoms with Gasteiger partial charge in [0.05, 0.1) is 13.2 Å². The predicted molar refractivity (Wildman–Crippen MR) is 112 cm³/mol. The molecule has 0 radical (unpaired) electrons. The van der Waals surface area contributed by atoms with Crippen molar-refractivity contribution in [1.29, 1.82) is 0 Å². The summed E-state index contributed by atoms with van der Waals surface area (Å²) in [6.45, 7) is 7.05. The molecule has 4 nitrogen and oxygen atoms in total. The number of ether oxygens (including phenoxy) is 1. The molecular formula is C25H40O4. The normalized spacial score (nSPS) is 47.7. The molecule has 164 valence electrons. The fourth-order valence-electron chi connectivity index (χ4n) is 8.62. The van der Waals surface area contributed by atoms with Crippen molar-refractivity contribution in [3.8, 4) is 0 Å². The first kappa shape index (κ1) is 21.3. The topological polar surface area (TPSA) is 63.6 Å². The Morgan fingerprint density at radius 2 is 1.97 bits per heavy atom. The second-order valence-corrected chi connectivity index (χ2v) is 11.3. The van der Waals surface area contributed by atoms with Crippen molar-refractivity contribution < 1.29 is 19.4 Å². The van der Waals surface area contributed by atoms with Crippen LogP contribution in [0.25, 0.3) is 0 Å². The summed E-state index contributed by atoms with van der Waals surface area (Å²) < 4.78 is 4.84. The van der Waals surface area contributed by atoms with E-state index in [-0.39, 0.29) is 22.9 Å². The zero-order valence-corrected chi connectivity index (χ0v) is 18.8. The molecule has 0 aliphatic heterocycles. The van der Waals surface area contributed by atoms with Gasteiger partial charge in [-0.2, -0.15) is 0 Å². The van der Waals surface area contributed by atoms with Crippen LogP contribution in [0.2, 0.25) is 0 Å². The van der Waals surface area contributed by atoms with Crippen molar-refractivity contribution >= 4 is 11.8 Å². The Balaban J connectivity index is 1.54. The van der Waals surface area contributed by atoms with Crippen molar-refractivity contribution in [3.63, 3.8) is 0 Å². The van der Waals surface area contributed by atoms with Crippen molar-refractivity contribution in [2.24, 2.45) is 46.3 Å². The minimum atomic E-state index is -0.268. The van der Waals surface area contributed by atoms with Gasteiger partial charge in [-0.1, -0.05) is 20.8 Å². The first-order valence-corrected chi connectivity index (χ1v) is 12.0. The van der Waals surface area contributed by atoms with Crippen molar-refractivity contribution in [2.75, 3.05) is 7.11 Å². The van der Waals surface area contributed by atoms with Gasteiger partial charge >= 0.3 is 5.97 Å². The monoisotopic (exact) mass is 404 g/mol. The molecule has 4 heteroatoms. The number of fused-ring (bicyclic) bond motifs is 5. The van der Waals surface area contributed by atoms with Crippen LogP contribution >= 0.6 is 0 Å². The lowest BCUT2D eigenvalue weighted by atomic mass is 9.44. The molecule has 0 aromatic carbocycles. The van der Waals surface area contributed by atoms with E-state index in [2.05, 4.69) is 20.8 Å². The molecule has 4 aliphatic rings. The minimum absolute atomic E-state index is 0.0373. The molecule has 0 spiro atoms. The molecule has 0 aromatic heterocycles. The molecule has 0 amide bonds. The number of carbonyl (C=O) groups is 2. The predicted octanol–water partition coefficient (Wildman–Crippen LogP) is 4.77. The van der Waals surface area contributed by atoms with E-state index in [0.29, 0.717) is 47.7 Å². The Bertz CT molecular complexity index is 659. The highest BCUT2D eigenvalue weighted by atomic mass is 16.5. The van der Waals surface area contributed by atoms with Crippen LogP contribution in [0.3, 0.4) is 0 Å². The second kappa shape index (κ2) is 7.66. The smallest absolute Gasteiger partial charge is 0.305 e. The number of rotatable bonds is 4. The van der Waals surface area contributed by atoms with Gasteiger partial charge in [0.25, 0.3) is 0 Å². The van der Waals surface area contributed by atoms with Crippen LogP contribution < -0.4 is 0 Å². The summed E-state index contributed by atoms with van der Waals surface area (Å²) >= 11 is 0. The highest BCUT2D eigenvalue weighted by Crippen LogP contribution is 2.68. The minimum Gasteiger partial charge on any atom is -0.469 e. The number of carbonyl (C=O) groups excluding carboxylic acids is 2. The number of ketones is 1. The number of methoxy groups -OCH3 is 1. The van der Waals surface area contributed by atoms with Crippen LogP contribution in [0.15, 0.2) is 0 Å². The molecule has 4 rings (SSSR count). The lowest BCUT2D eigenvalue weighted by molar-refractivity contribution is -0.171. The molecule has 0 unspecified atom stereocenters. The van der Waals surface area contributed by atoms with Gasteiger partial charge in [-0.3, -0.25) is 9.59 Å². The van der Waals surface area contributed by atoms with Gasteiger partial charge in [-0.15, -0.1) is 0 Å². The zero-order valence-electron chi connectivity index (χ0n) is 18.8. The number of Topliss-reactive ketones (excluding diaryl/α,β-unsaturated/α-hetero) is 1. The first-order valence-electron chi connectivity index (χ1n) is 12.0. The van der Waals surface area contributed by atoms with Crippen LogP contribution in [-0.4, -0.2) is 30.1 Å². The van der Waals surface area contributed by atoms with Crippen LogP contribution in [-0.2, 0) is 14.3 Å². The summed E-state index contributed by atoms with van der Waals surface area (Å²) in [4.78, 5) is 23.7. The highest BCUT2D eigenvalue weighted by Gasteiger charge is 2.63. The quantitative estimate of drug-likeness (QED) is 0.685. The largest absolute Gasteiger partial charge is 0.469 e. The van der Waals surface area contributed by atoms with E-state index in [1.807, 2.05) is 0 Å². The average molecular weight is 405 g/mol. The lowest BCUT2D eigenvalue weighted by Crippen LogP contribution is -2.58. The van der Waals surface area contributed by atoms with E-state index in [9.17, 15) is 14.7 Å². The number of aliphatic hydroxyl groups excluding tert-OH is 1. The average Bonchev–Trinajstić information content (AvgIpc) is 3.06. The van der Waals surface area contributed by atoms with Crippen LogP contribution in [0.4, 0.5) is 0 Å². The maximum Gasteiger partial charge on any atom is 0.305 e. The Morgan fingerprint density at radius 3 is 2.69 bits per heavy atom. The van der Waals surface area contributed by atoms with Gasteiger partial charge in [0.15, 0.2) is 0 Å². The van der Waals surface area contributed by atoms with Crippen LogP contribution in [0.1, 0.15) is 85.0 Å². The van der Waals surface area contributed by atoms with Gasteiger partial charge < -0.3 is 9.84 Å². The number of esters is 1. The SMILES string of the molecule is COC(=O)CC[C@H](C)[C@@H]1CC[C@H]2[C@@H]3CC[C@@H]4CC(=O)CC[C@]4(C)[C@H]3C[C@H](O)[C@@]21C. The molecular weight excluding hydrogens is 364 g/mol. The molecule has 4 fully saturated rings. The Kier molecular flexibility index (Phi) is 5.63. The fourth-order valence-corrected chi connectivity index (χ4v) is 8.62. The van der Waals surface area contributed by atoms with Crippen molar-refractivity contribution in [3.05, 3.63) is 0 Å². The summed E-state index contributed by atoms with van der Waals surface area (Å²) in [5.41, 5.74) is 0.193. The third kappa shape index (κ3) is 3.28. The molecule has 0 aromatic rings. The van der Waals surface area contributed by atoms with Crippen molar-refractivity contribution in [2.45, 2.75) is 91.1 Å². The molecule has 4 saturated carbocycles. The lowest BCUT2D eigenvalue weighted by Gasteiger charge is -2.62. The second-order valence-electron chi connectivity index (χ2n) is 11.3. The molecule has 1 N–H and O–H groups in total. The van der Waals surface area contributed by atoms with E-state index in [4.69, 9.17) is 4.74 Å². The van der Waals surface area contributed by atoms with E-state index in [0.717, 1.165) is 32.1 Å². The Morgan fingerprint density at radius 1 is 1.21 bits per heavy atom. The Labute approximate surface area is 176 Å². The summed E-state index contributed by atoms with van der Waals surface area (Å²) in [6.07, 6.45) is 9.29. The van der Waals surface area contributed by atoms with Crippen LogP contribution in [0.5, 0.6) is 0 Å². The molecule has 0 saturated heterocycles. The van der Waals surface area contributed by atoms with E-state index in [1.165, 1.54) is 32.8 Å². The van der Waals surface area contributed by atoms with Gasteiger partial charge in [0.1, 0.15) is 5.78 Å². The molecule has 0 heterocycles. The third-order valence-corrected chi connectivity index (χ3v) is 10.4. The molecule has 4 aliphatic carbocycles. The first-order chi connectivity index (χ1) is 13.7. The van der Waals surface area contributed by atoms with Gasteiger partial charge in [0, 0.05) is 19.3 Å². The summed E-state index contributed by atoms with van der Waals surface area (Å²) in [5, 5.41) is 11.5.